The third kappa shape index (κ3) is 7.08. The average molecular weight is 244 g/mol. The lowest BCUT2D eigenvalue weighted by molar-refractivity contribution is 0.142. The molecule has 0 aliphatic carbocycles. The van der Waals surface area contributed by atoms with Crippen LogP contribution in [-0.4, -0.2) is 6.61 Å². The third-order valence-electron chi connectivity index (χ3n) is 2.68. The minimum Gasteiger partial charge on any atom is -0.372 e. The van der Waals surface area contributed by atoms with Crippen LogP contribution in [0, 0.1) is 0 Å². The van der Waals surface area contributed by atoms with Crippen molar-refractivity contribution in [1.29, 1.82) is 0 Å². The van der Waals surface area contributed by atoms with Crippen LogP contribution in [0.2, 0.25) is 0 Å². The molecule has 1 nitrogen and oxygen atoms in total. The van der Waals surface area contributed by atoms with E-state index in [-0.39, 0.29) is 0 Å². The van der Waals surface area contributed by atoms with E-state index in [2.05, 4.69) is 44.2 Å². The van der Waals surface area contributed by atoms with Crippen LogP contribution in [0.5, 0.6) is 0 Å². The summed E-state index contributed by atoms with van der Waals surface area (Å²) in [4.78, 5) is 0. The molecule has 18 heavy (non-hydrogen) atoms. The largest absolute Gasteiger partial charge is 0.372 e. The summed E-state index contributed by atoms with van der Waals surface area (Å²) >= 11 is 0. The van der Waals surface area contributed by atoms with Crippen molar-refractivity contribution >= 4 is 0 Å². The minimum atomic E-state index is 0.686. The quantitative estimate of drug-likeness (QED) is 0.467. The van der Waals surface area contributed by atoms with E-state index in [1.54, 1.807) is 0 Å². The van der Waals surface area contributed by atoms with Crippen molar-refractivity contribution in [2.75, 3.05) is 6.61 Å². The molecule has 0 N–H and O–H groups in total. The molecule has 0 radical (unpaired) electrons. The van der Waals surface area contributed by atoms with Crippen LogP contribution in [0.3, 0.4) is 0 Å². The van der Waals surface area contributed by atoms with Crippen molar-refractivity contribution in [3.8, 4) is 0 Å². The van der Waals surface area contributed by atoms with Crippen molar-refractivity contribution in [2.24, 2.45) is 0 Å². The molecule has 0 aliphatic heterocycles. The van der Waals surface area contributed by atoms with Gasteiger partial charge < -0.3 is 4.74 Å². The zero-order valence-electron chi connectivity index (χ0n) is 11.6. The van der Waals surface area contributed by atoms with Gasteiger partial charge in [0, 0.05) is 0 Å². The lowest BCUT2D eigenvalue weighted by atomic mass is 10.2. The number of rotatable bonds is 8. The molecule has 0 saturated heterocycles. The van der Waals surface area contributed by atoms with E-state index in [4.69, 9.17) is 4.74 Å². The van der Waals surface area contributed by atoms with Crippen LogP contribution in [0.15, 0.2) is 54.1 Å². The average Bonchev–Trinajstić information content (AvgIpc) is 2.40. The smallest absolute Gasteiger partial charge is 0.0721 e. The molecule has 0 amide bonds. The number of ether oxygens (including phenoxy) is 1. The standard InChI is InChI=1S/C17H24O/c1-3-4-5-6-8-11-16(2)14-18-15-17-12-9-7-10-13-17/h6-13H,3-5,14-15H2,1-2H3/b8-6+,16-11-. The van der Waals surface area contributed by atoms with Gasteiger partial charge in [-0.2, -0.15) is 0 Å². The fourth-order valence-corrected chi connectivity index (χ4v) is 1.60. The topological polar surface area (TPSA) is 9.23 Å². The molecule has 0 saturated carbocycles. The molecule has 0 unspecified atom stereocenters. The molecule has 1 heteroatoms. The first-order valence-corrected chi connectivity index (χ1v) is 6.77. The lowest BCUT2D eigenvalue weighted by Gasteiger charge is -2.03. The van der Waals surface area contributed by atoms with Crippen molar-refractivity contribution in [3.05, 3.63) is 59.7 Å². The Labute approximate surface area is 111 Å². The van der Waals surface area contributed by atoms with Crippen LogP contribution in [0.1, 0.15) is 38.7 Å². The first-order valence-electron chi connectivity index (χ1n) is 6.77. The van der Waals surface area contributed by atoms with Gasteiger partial charge in [-0.3, -0.25) is 0 Å². The summed E-state index contributed by atoms with van der Waals surface area (Å²) < 4.78 is 5.66. The van der Waals surface area contributed by atoms with Crippen LogP contribution in [-0.2, 0) is 11.3 Å². The van der Waals surface area contributed by atoms with Gasteiger partial charge >= 0.3 is 0 Å². The normalized spacial score (nSPS) is 12.2. The van der Waals surface area contributed by atoms with Crippen LogP contribution in [0.25, 0.3) is 0 Å². The Hall–Kier alpha value is -1.34. The van der Waals surface area contributed by atoms with Gasteiger partial charge in [0.15, 0.2) is 0 Å². The molecular weight excluding hydrogens is 220 g/mol. The Bertz CT molecular complexity index is 362. The van der Waals surface area contributed by atoms with Gasteiger partial charge in [-0.15, -0.1) is 0 Å². The van der Waals surface area contributed by atoms with Crippen molar-refractivity contribution in [2.45, 2.75) is 39.7 Å². The SMILES string of the molecule is CCCC/C=C/C=C(/C)COCc1ccccc1. The van der Waals surface area contributed by atoms with Gasteiger partial charge in [0.05, 0.1) is 13.2 Å². The van der Waals surface area contributed by atoms with Crippen molar-refractivity contribution < 1.29 is 4.74 Å². The molecule has 1 aromatic carbocycles. The number of hydrogen-bond donors (Lipinski definition) is 0. The molecule has 1 aromatic rings. The highest BCUT2D eigenvalue weighted by atomic mass is 16.5. The van der Waals surface area contributed by atoms with Gasteiger partial charge in [0.1, 0.15) is 0 Å². The Kier molecular flexibility index (Phi) is 7.90. The Morgan fingerprint density at radius 1 is 1.22 bits per heavy atom. The second-order valence-electron chi connectivity index (χ2n) is 4.56. The maximum atomic E-state index is 5.66. The predicted octanol–water partition coefficient (Wildman–Crippen LogP) is 4.90. The zero-order valence-corrected chi connectivity index (χ0v) is 11.6. The first-order chi connectivity index (χ1) is 8.83. The number of hydrogen-bond acceptors (Lipinski definition) is 1. The molecule has 0 atom stereocenters. The lowest BCUT2D eigenvalue weighted by Crippen LogP contribution is -1.96. The monoisotopic (exact) mass is 244 g/mol. The van der Waals surface area contributed by atoms with Crippen molar-refractivity contribution in [1.82, 2.24) is 0 Å². The highest BCUT2D eigenvalue weighted by molar-refractivity contribution is 5.14. The molecule has 1 rings (SSSR count). The van der Waals surface area contributed by atoms with E-state index in [9.17, 15) is 0 Å². The van der Waals surface area contributed by atoms with Crippen molar-refractivity contribution in [3.63, 3.8) is 0 Å². The number of allylic oxidation sites excluding steroid dienone is 3. The summed E-state index contributed by atoms with van der Waals surface area (Å²) in [6.45, 7) is 5.71. The van der Waals surface area contributed by atoms with Gasteiger partial charge in [-0.05, 0) is 24.5 Å². The van der Waals surface area contributed by atoms with Gasteiger partial charge in [-0.25, -0.2) is 0 Å². The second kappa shape index (κ2) is 9.67. The Morgan fingerprint density at radius 2 is 2.00 bits per heavy atom. The van der Waals surface area contributed by atoms with E-state index < -0.39 is 0 Å². The summed E-state index contributed by atoms with van der Waals surface area (Å²) in [5.41, 5.74) is 2.49. The first kappa shape index (κ1) is 14.7. The Morgan fingerprint density at radius 3 is 2.72 bits per heavy atom. The van der Waals surface area contributed by atoms with E-state index in [1.807, 2.05) is 18.2 Å². The highest BCUT2D eigenvalue weighted by Gasteiger charge is 1.92. The summed E-state index contributed by atoms with van der Waals surface area (Å²) in [6, 6.07) is 10.3. The highest BCUT2D eigenvalue weighted by Crippen LogP contribution is 2.03. The third-order valence-corrected chi connectivity index (χ3v) is 2.68. The van der Waals surface area contributed by atoms with Crippen LogP contribution in [0.4, 0.5) is 0 Å². The molecule has 0 fully saturated rings. The van der Waals surface area contributed by atoms with Gasteiger partial charge in [0.25, 0.3) is 0 Å². The van der Waals surface area contributed by atoms with Gasteiger partial charge in [-0.1, -0.05) is 68.3 Å². The second-order valence-corrected chi connectivity index (χ2v) is 4.56. The van der Waals surface area contributed by atoms with Crippen LogP contribution < -0.4 is 0 Å². The maximum absolute atomic E-state index is 5.66. The van der Waals surface area contributed by atoms with E-state index in [0.29, 0.717) is 13.2 Å². The van der Waals surface area contributed by atoms with E-state index >= 15 is 0 Å². The zero-order chi connectivity index (χ0) is 13.1. The van der Waals surface area contributed by atoms with Gasteiger partial charge in [0.2, 0.25) is 0 Å². The molecule has 0 bridgehead atoms. The molecular formula is C17H24O. The van der Waals surface area contributed by atoms with Crippen LogP contribution >= 0.6 is 0 Å². The molecule has 0 heterocycles. The molecule has 0 aliphatic rings. The minimum absolute atomic E-state index is 0.686. The molecule has 98 valence electrons. The fraction of sp³-hybridized carbons (Fsp3) is 0.412. The Balaban J connectivity index is 2.18. The number of benzene rings is 1. The molecule has 0 spiro atoms. The number of unbranched alkanes of at least 4 members (excludes halogenated alkanes) is 2. The maximum Gasteiger partial charge on any atom is 0.0721 e. The molecule has 0 aromatic heterocycles. The summed E-state index contributed by atoms with van der Waals surface area (Å²) in [6.07, 6.45) is 10.2. The summed E-state index contributed by atoms with van der Waals surface area (Å²) in [5, 5.41) is 0. The van der Waals surface area contributed by atoms with E-state index in [1.165, 1.54) is 30.4 Å². The predicted molar refractivity (Wildman–Crippen MR) is 78.5 cm³/mol. The van der Waals surface area contributed by atoms with E-state index in [0.717, 1.165) is 0 Å². The fourth-order valence-electron chi connectivity index (χ4n) is 1.60. The summed E-state index contributed by atoms with van der Waals surface area (Å²) in [5.74, 6) is 0. The summed E-state index contributed by atoms with van der Waals surface area (Å²) in [7, 11) is 0.